The van der Waals surface area contributed by atoms with Gasteiger partial charge < -0.3 is 10.1 Å². The molecule has 4 aromatic rings. The molecule has 1 unspecified atom stereocenters. The monoisotopic (exact) mass is 537 g/mol. The first-order chi connectivity index (χ1) is 18.3. The molecule has 38 heavy (non-hydrogen) atoms. The Kier molecular flexibility index (Phi) is 7.20. The SMILES string of the molecule is O=C(CCc1ccc2c(c1)CCC2N(CCc1c[nH]c2cc(F)ccc12)S(=O)(=O)c1cccc(O)c1)NO. The minimum Gasteiger partial charge on any atom is -0.508 e. The summed E-state index contributed by atoms with van der Waals surface area (Å²) < 4.78 is 43.0. The van der Waals surface area contributed by atoms with E-state index in [4.69, 9.17) is 5.21 Å². The van der Waals surface area contributed by atoms with Gasteiger partial charge in [0.25, 0.3) is 0 Å². The van der Waals surface area contributed by atoms with Crippen molar-refractivity contribution in [2.24, 2.45) is 0 Å². The summed E-state index contributed by atoms with van der Waals surface area (Å²) >= 11 is 0. The second-order valence-corrected chi connectivity index (χ2v) is 11.4. The van der Waals surface area contributed by atoms with E-state index >= 15 is 0 Å². The molecule has 0 saturated heterocycles. The van der Waals surface area contributed by atoms with Gasteiger partial charge in [-0.25, -0.2) is 18.3 Å². The number of nitrogens with one attached hydrogen (secondary N) is 2. The molecule has 0 fully saturated rings. The molecule has 4 N–H and O–H groups in total. The maximum atomic E-state index is 13.9. The summed E-state index contributed by atoms with van der Waals surface area (Å²) in [5.41, 5.74) is 6.03. The topological polar surface area (TPSA) is 123 Å². The minimum atomic E-state index is -3.98. The van der Waals surface area contributed by atoms with Gasteiger partial charge in [0.15, 0.2) is 0 Å². The predicted molar refractivity (Wildman–Crippen MR) is 140 cm³/mol. The quantitative estimate of drug-likeness (QED) is 0.187. The van der Waals surface area contributed by atoms with Crippen molar-refractivity contribution >= 4 is 26.8 Å². The molecule has 1 aromatic heterocycles. The van der Waals surface area contributed by atoms with Crippen LogP contribution in [0.5, 0.6) is 5.75 Å². The number of hydrogen-bond acceptors (Lipinski definition) is 5. The van der Waals surface area contributed by atoms with Crippen molar-refractivity contribution in [1.82, 2.24) is 14.8 Å². The van der Waals surface area contributed by atoms with Crippen LogP contribution in [0.15, 0.2) is 71.8 Å². The average molecular weight is 538 g/mol. The van der Waals surface area contributed by atoms with Crippen LogP contribution in [0.3, 0.4) is 0 Å². The fourth-order valence-electron chi connectivity index (χ4n) is 5.24. The smallest absolute Gasteiger partial charge is 0.243 e. The number of sulfonamides is 1. The third kappa shape index (κ3) is 5.15. The van der Waals surface area contributed by atoms with Gasteiger partial charge in [-0.3, -0.25) is 10.0 Å². The largest absolute Gasteiger partial charge is 0.508 e. The molecule has 0 aliphatic heterocycles. The normalized spacial score (nSPS) is 15.2. The van der Waals surface area contributed by atoms with Crippen LogP contribution in [0.4, 0.5) is 4.39 Å². The fraction of sp³-hybridized carbons (Fsp3) is 0.250. The molecule has 1 aliphatic rings. The minimum absolute atomic E-state index is 0.0126. The van der Waals surface area contributed by atoms with E-state index in [0.29, 0.717) is 31.2 Å². The molecule has 1 atom stereocenters. The highest BCUT2D eigenvalue weighted by molar-refractivity contribution is 7.89. The van der Waals surface area contributed by atoms with Gasteiger partial charge in [-0.05, 0) is 84.3 Å². The summed E-state index contributed by atoms with van der Waals surface area (Å²) in [5, 5.41) is 19.6. The van der Waals surface area contributed by atoms with E-state index in [1.54, 1.807) is 17.7 Å². The number of carbonyl (C=O) groups is 1. The number of aromatic amines is 1. The van der Waals surface area contributed by atoms with Crippen molar-refractivity contribution in [3.8, 4) is 5.75 Å². The van der Waals surface area contributed by atoms with Gasteiger partial charge >= 0.3 is 0 Å². The number of aryl methyl sites for hydroxylation is 2. The zero-order valence-electron chi connectivity index (χ0n) is 20.5. The van der Waals surface area contributed by atoms with Gasteiger partial charge in [-0.15, -0.1) is 0 Å². The second-order valence-electron chi connectivity index (χ2n) is 9.49. The number of phenols is 1. The first-order valence-electron chi connectivity index (χ1n) is 12.4. The fourth-order valence-corrected chi connectivity index (χ4v) is 6.91. The van der Waals surface area contributed by atoms with Crippen LogP contribution >= 0.6 is 0 Å². The van der Waals surface area contributed by atoms with Gasteiger partial charge in [0.1, 0.15) is 11.6 Å². The average Bonchev–Trinajstić information content (AvgIpc) is 3.50. The van der Waals surface area contributed by atoms with E-state index in [-0.39, 0.29) is 29.4 Å². The zero-order chi connectivity index (χ0) is 26.9. The van der Waals surface area contributed by atoms with E-state index in [0.717, 1.165) is 27.6 Å². The number of phenolic OH excluding ortho intramolecular Hbond substituents is 1. The molecule has 8 nitrogen and oxygen atoms in total. The van der Waals surface area contributed by atoms with Crippen molar-refractivity contribution in [1.29, 1.82) is 0 Å². The lowest BCUT2D eigenvalue weighted by Crippen LogP contribution is -2.35. The van der Waals surface area contributed by atoms with Crippen molar-refractivity contribution in [2.75, 3.05) is 6.54 Å². The number of rotatable bonds is 9. The zero-order valence-corrected chi connectivity index (χ0v) is 21.3. The van der Waals surface area contributed by atoms with E-state index in [2.05, 4.69) is 4.98 Å². The maximum Gasteiger partial charge on any atom is 0.243 e. The van der Waals surface area contributed by atoms with Crippen LogP contribution in [0.25, 0.3) is 10.9 Å². The molecule has 5 rings (SSSR count). The molecule has 1 heterocycles. The number of fused-ring (bicyclic) bond motifs is 2. The highest BCUT2D eigenvalue weighted by Gasteiger charge is 2.36. The number of halogens is 1. The number of nitrogens with zero attached hydrogens (tertiary/aromatic N) is 1. The molecular formula is C28H28FN3O5S. The van der Waals surface area contributed by atoms with Gasteiger partial charge in [0, 0.05) is 30.1 Å². The summed E-state index contributed by atoms with van der Waals surface area (Å²) in [6, 6.07) is 15.5. The number of hydrogen-bond donors (Lipinski definition) is 4. The number of aromatic hydroxyl groups is 1. The number of benzene rings is 3. The summed E-state index contributed by atoms with van der Waals surface area (Å²) in [7, 11) is -3.98. The van der Waals surface area contributed by atoms with Gasteiger partial charge in [-0.1, -0.05) is 24.3 Å². The van der Waals surface area contributed by atoms with Crippen molar-refractivity contribution < 1.29 is 27.9 Å². The lowest BCUT2D eigenvalue weighted by Gasteiger charge is -2.29. The van der Waals surface area contributed by atoms with Crippen molar-refractivity contribution in [3.05, 3.63) is 94.9 Å². The van der Waals surface area contributed by atoms with Crippen LogP contribution in [-0.2, 0) is 34.1 Å². The van der Waals surface area contributed by atoms with E-state index in [9.17, 15) is 22.7 Å². The van der Waals surface area contributed by atoms with Crippen LogP contribution in [-0.4, -0.2) is 40.5 Å². The third-order valence-electron chi connectivity index (χ3n) is 7.12. The molecule has 198 valence electrons. The van der Waals surface area contributed by atoms with Gasteiger partial charge in [0.05, 0.1) is 10.9 Å². The van der Waals surface area contributed by atoms with Gasteiger partial charge in [-0.2, -0.15) is 4.31 Å². The van der Waals surface area contributed by atoms with Gasteiger partial charge in [0.2, 0.25) is 15.9 Å². The van der Waals surface area contributed by atoms with Crippen LogP contribution < -0.4 is 5.48 Å². The Morgan fingerprint density at radius 1 is 1.11 bits per heavy atom. The van der Waals surface area contributed by atoms with Crippen molar-refractivity contribution in [2.45, 2.75) is 43.0 Å². The first kappa shape index (κ1) is 25.9. The Labute approximate surface area is 219 Å². The number of hydroxylamine groups is 1. The molecule has 0 saturated carbocycles. The molecule has 1 aliphatic carbocycles. The molecule has 0 radical (unpaired) electrons. The Morgan fingerprint density at radius 2 is 1.95 bits per heavy atom. The Balaban J connectivity index is 1.47. The Morgan fingerprint density at radius 3 is 2.74 bits per heavy atom. The molecular weight excluding hydrogens is 509 g/mol. The number of amides is 1. The summed E-state index contributed by atoms with van der Waals surface area (Å²) in [4.78, 5) is 14.5. The van der Waals surface area contributed by atoms with E-state index in [1.807, 2.05) is 18.2 Å². The van der Waals surface area contributed by atoms with Crippen molar-refractivity contribution in [3.63, 3.8) is 0 Å². The summed E-state index contributed by atoms with van der Waals surface area (Å²) in [5.74, 6) is -0.947. The van der Waals surface area contributed by atoms with Crippen LogP contribution in [0, 0.1) is 5.82 Å². The van der Waals surface area contributed by atoms with Crippen LogP contribution in [0.1, 0.15) is 41.1 Å². The maximum absolute atomic E-state index is 13.9. The predicted octanol–water partition coefficient (Wildman–Crippen LogP) is 4.37. The lowest BCUT2D eigenvalue weighted by atomic mass is 10.0. The molecule has 10 heteroatoms. The van der Waals surface area contributed by atoms with E-state index in [1.165, 1.54) is 40.7 Å². The molecule has 3 aromatic carbocycles. The standard InChI is InChI=1S/C28H28FN3O5S/c29-21-7-9-24-20(17-30-26(24)15-21)12-13-32(38(36,37)23-3-1-2-22(33)16-23)27-10-6-19-14-18(4-8-25(19)27)5-11-28(34)31-35/h1-4,7-9,14-17,27,30,33,35H,5-6,10-13H2,(H,31,34). The number of aromatic nitrogens is 1. The first-order valence-corrected chi connectivity index (χ1v) is 13.8. The molecule has 1 amide bonds. The Hall–Kier alpha value is -3.73. The molecule has 0 spiro atoms. The van der Waals surface area contributed by atoms with Crippen LogP contribution in [0.2, 0.25) is 0 Å². The molecule has 0 bridgehead atoms. The Bertz CT molecular complexity index is 1600. The summed E-state index contributed by atoms with van der Waals surface area (Å²) in [6.07, 6.45) is 4.05. The lowest BCUT2D eigenvalue weighted by molar-refractivity contribution is -0.129. The summed E-state index contributed by atoms with van der Waals surface area (Å²) in [6.45, 7) is 0.185. The third-order valence-corrected chi connectivity index (χ3v) is 9.03. The second kappa shape index (κ2) is 10.6. The highest BCUT2D eigenvalue weighted by Crippen LogP contribution is 2.40. The van der Waals surface area contributed by atoms with E-state index < -0.39 is 22.0 Å². The highest BCUT2D eigenvalue weighted by atomic mass is 32.2. The number of carbonyl (C=O) groups excluding carboxylic acids is 1. The number of H-pyrrole nitrogens is 1.